The van der Waals surface area contributed by atoms with E-state index in [1.807, 2.05) is 0 Å². The summed E-state index contributed by atoms with van der Waals surface area (Å²) in [6, 6.07) is -0.221. The molecule has 14 heavy (non-hydrogen) atoms. The highest BCUT2D eigenvalue weighted by molar-refractivity contribution is 5.74. The lowest BCUT2D eigenvalue weighted by molar-refractivity contribution is -0.142. The molecule has 0 aromatic heterocycles. The predicted molar refractivity (Wildman–Crippen MR) is 53.1 cm³/mol. The normalized spacial score (nSPS) is 23.4. The van der Waals surface area contributed by atoms with E-state index in [4.69, 9.17) is 4.74 Å². The molecule has 1 aliphatic heterocycles. The number of methoxy groups -OCH3 is 1. The van der Waals surface area contributed by atoms with Crippen molar-refractivity contribution < 1.29 is 14.3 Å². The van der Waals surface area contributed by atoms with Gasteiger partial charge in [-0.05, 0) is 32.7 Å². The molecule has 0 spiro atoms. The third-order valence-electron chi connectivity index (χ3n) is 2.50. The molecule has 2 unspecified atom stereocenters. The highest BCUT2D eigenvalue weighted by Crippen LogP contribution is 2.14. The predicted octanol–water partition coefficient (Wildman–Crippen LogP) is 0.707. The van der Waals surface area contributed by atoms with Crippen LogP contribution in [0.15, 0.2) is 0 Å². The molecule has 82 valence electrons. The first-order valence-electron chi connectivity index (χ1n) is 5.17. The second-order valence-electron chi connectivity index (χ2n) is 3.62. The molecule has 0 radical (unpaired) electrons. The van der Waals surface area contributed by atoms with E-state index in [9.17, 15) is 4.79 Å². The summed E-state index contributed by atoms with van der Waals surface area (Å²) < 4.78 is 10.1. The van der Waals surface area contributed by atoms with Crippen molar-refractivity contribution in [2.45, 2.75) is 38.3 Å². The largest absolute Gasteiger partial charge is 0.468 e. The SMILES string of the molecule is COC(=O)C(C)NCCC1CCCO1. The Labute approximate surface area is 85.0 Å². The molecule has 1 heterocycles. The molecule has 2 atom stereocenters. The van der Waals surface area contributed by atoms with E-state index in [-0.39, 0.29) is 12.0 Å². The van der Waals surface area contributed by atoms with Gasteiger partial charge >= 0.3 is 5.97 Å². The average Bonchev–Trinajstić information content (AvgIpc) is 2.69. The summed E-state index contributed by atoms with van der Waals surface area (Å²) in [5.74, 6) is -0.211. The van der Waals surface area contributed by atoms with Crippen LogP contribution in [0.5, 0.6) is 0 Å². The number of esters is 1. The molecule has 0 aliphatic carbocycles. The van der Waals surface area contributed by atoms with Gasteiger partial charge in [0.05, 0.1) is 13.2 Å². The third-order valence-corrected chi connectivity index (χ3v) is 2.50. The van der Waals surface area contributed by atoms with Gasteiger partial charge in [-0.2, -0.15) is 0 Å². The monoisotopic (exact) mass is 201 g/mol. The summed E-state index contributed by atoms with van der Waals surface area (Å²) in [5, 5.41) is 3.11. The Bertz CT molecular complexity index is 178. The van der Waals surface area contributed by atoms with Crippen molar-refractivity contribution in [2.24, 2.45) is 0 Å². The van der Waals surface area contributed by atoms with E-state index in [1.54, 1.807) is 6.92 Å². The van der Waals surface area contributed by atoms with Crippen LogP contribution in [0.4, 0.5) is 0 Å². The molecule has 0 aromatic rings. The second-order valence-corrected chi connectivity index (χ2v) is 3.62. The molecule has 1 fully saturated rings. The standard InChI is InChI=1S/C10H19NO3/c1-8(10(12)13-2)11-6-5-9-4-3-7-14-9/h8-9,11H,3-7H2,1-2H3. The van der Waals surface area contributed by atoms with E-state index < -0.39 is 0 Å². The topological polar surface area (TPSA) is 47.6 Å². The Morgan fingerprint density at radius 3 is 3.07 bits per heavy atom. The van der Waals surface area contributed by atoms with Gasteiger partial charge in [0, 0.05) is 6.61 Å². The molecule has 0 bridgehead atoms. The van der Waals surface area contributed by atoms with Crippen LogP contribution in [0.1, 0.15) is 26.2 Å². The van der Waals surface area contributed by atoms with Crippen LogP contribution in [0.25, 0.3) is 0 Å². The van der Waals surface area contributed by atoms with Crippen molar-refractivity contribution in [2.75, 3.05) is 20.3 Å². The number of rotatable bonds is 5. The lowest BCUT2D eigenvalue weighted by Gasteiger charge is -2.13. The highest BCUT2D eigenvalue weighted by atomic mass is 16.5. The first-order valence-corrected chi connectivity index (χ1v) is 5.17. The third kappa shape index (κ3) is 3.64. The fourth-order valence-electron chi connectivity index (χ4n) is 1.59. The number of ether oxygens (including phenoxy) is 2. The van der Waals surface area contributed by atoms with E-state index in [1.165, 1.54) is 7.11 Å². The molecule has 1 rings (SSSR count). The number of carbonyl (C=O) groups excluding carboxylic acids is 1. The van der Waals surface area contributed by atoms with Crippen LogP contribution < -0.4 is 5.32 Å². The number of hydrogen-bond acceptors (Lipinski definition) is 4. The van der Waals surface area contributed by atoms with Crippen molar-refractivity contribution in [3.05, 3.63) is 0 Å². The van der Waals surface area contributed by atoms with Crippen molar-refractivity contribution in [1.82, 2.24) is 5.32 Å². The number of carbonyl (C=O) groups is 1. The molecule has 1 aliphatic rings. The summed E-state index contributed by atoms with van der Waals surface area (Å²) in [6.07, 6.45) is 3.67. The van der Waals surface area contributed by atoms with Gasteiger partial charge in [-0.1, -0.05) is 0 Å². The minimum Gasteiger partial charge on any atom is -0.468 e. The van der Waals surface area contributed by atoms with Gasteiger partial charge in [-0.15, -0.1) is 0 Å². The Morgan fingerprint density at radius 1 is 1.71 bits per heavy atom. The van der Waals surface area contributed by atoms with E-state index >= 15 is 0 Å². The minimum atomic E-state index is -0.221. The summed E-state index contributed by atoms with van der Waals surface area (Å²) >= 11 is 0. The van der Waals surface area contributed by atoms with Crippen LogP contribution >= 0.6 is 0 Å². The average molecular weight is 201 g/mol. The van der Waals surface area contributed by atoms with E-state index in [2.05, 4.69) is 10.1 Å². The lowest BCUT2D eigenvalue weighted by atomic mass is 10.2. The van der Waals surface area contributed by atoms with Crippen molar-refractivity contribution in [1.29, 1.82) is 0 Å². The summed E-state index contributed by atoms with van der Waals surface area (Å²) in [4.78, 5) is 11.0. The Morgan fingerprint density at radius 2 is 2.50 bits per heavy atom. The van der Waals surface area contributed by atoms with Gasteiger partial charge < -0.3 is 14.8 Å². The summed E-state index contributed by atoms with van der Waals surface area (Å²) in [7, 11) is 1.40. The maximum Gasteiger partial charge on any atom is 0.322 e. The fraction of sp³-hybridized carbons (Fsp3) is 0.900. The Kier molecular flexibility index (Phi) is 4.90. The molecule has 0 aromatic carbocycles. The van der Waals surface area contributed by atoms with Gasteiger partial charge in [0.2, 0.25) is 0 Å². The molecule has 4 heteroatoms. The first kappa shape index (κ1) is 11.5. The summed E-state index contributed by atoms with van der Waals surface area (Å²) in [6.45, 7) is 3.50. The van der Waals surface area contributed by atoms with Crippen molar-refractivity contribution in [3.8, 4) is 0 Å². The number of hydrogen-bond donors (Lipinski definition) is 1. The molecule has 0 amide bonds. The van der Waals surface area contributed by atoms with Crippen LogP contribution in [0.2, 0.25) is 0 Å². The van der Waals surface area contributed by atoms with Gasteiger partial charge in [0.25, 0.3) is 0 Å². The van der Waals surface area contributed by atoms with E-state index in [0.717, 1.165) is 32.4 Å². The van der Waals surface area contributed by atoms with E-state index in [0.29, 0.717) is 6.10 Å². The Hall–Kier alpha value is -0.610. The molecular weight excluding hydrogens is 182 g/mol. The molecule has 4 nitrogen and oxygen atoms in total. The van der Waals surface area contributed by atoms with Crippen LogP contribution in [-0.4, -0.2) is 38.4 Å². The quantitative estimate of drug-likeness (QED) is 0.665. The van der Waals surface area contributed by atoms with Gasteiger partial charge in [0.1, 0.15) is 6.04 Å². The van der Waals surface area contributed by atoms with Crippen LogP contribution in [0, 0.1) is 0 Å². The van der Waals surface area contributed by atoms with Gasteiger partial charge in [-0.25, -0.2) is 0 Å². The zero-order valence-corrected chi connectivity index (χ0v) is 8.91. The fourth-order valence-corrected chi connectivity index (χ4v) is 1.59. The van der Waals surface area contributed by atoms with Gasteiger partial charge in [-0.3, -0.25) is 4.79 Å². The maximum absolute atomic E-state index is 11.0. The van der Waals surface area contributed by atoms with Crippen molar-refractivity contribution in [3.63, 3.8) is 0 Å². The second kappa shape index (κ2) is 5.98. The smallest absolute Gasteiger partial charge is 0.322 e. The highest BCUT2D eigenvalue weighted by Gasteiger charge is 2.16. The van der Waals surface area contributed by atoms with Crippen LogP contribution in [-0.2, 0) is 14.3 Å². The molecule has 1 N–H and O–H groups in total. The maximum atomic E-state index is 11.0. The van der Waals surface area contributed by atoms with Crippen molar-refractivity contribution >= 4 is 5.97 Å². The molecular formula is C10H19NO3. The Balaban J connectivity index is 2.05. The van der Waals surface area contributed by atoms with Gasteiger partial charge in [0.15, 0.2) is 0 Å². The summed E-state index contributed by atoms with van der Waals surface area (Å²) in [5.41, 5.74) is 0. The zero-order valence-electron chi connectivity index (χ0n) is 8.91. The molecule has 1 saturated heterocycles. The lowest BCUT2D eigenvalue weighted by Crippen LogP contribution is -2.36. The van der Waals surface area contributed by atoms with Crippen LogP contribution in [0.3, 0.4) is 0 Å². The zero-order chi connectivity index (χ0) is 10.4. The number of nitrogens with one attached hydrogen (secondary N) is 1. The molecule has 0 saturated carbocycles. The first-order chi connectivity index (χ1) is 6.74. The minimum absolute atomic E-state index is 0.211.